The van der Waals surface area contributed by atoms with Gasteiger partial charge in [0, 0.05) is 23.2 Å². The fourth-order valence-electron chi connectivity index (χ4n) is 3.39. The van der Waals surface area contributed by atoms with Crippen LogP contribution in [0.4, 0.5) is 5.88 Å². The van der Waals surface area contributed by atoms with Crippen LogP contribution in [0.25, 0.3) is 0 Å². The van der Waals surface area contributed by atoms with Crippen LogP contribution in [0.1, 0.15) is 64.1 Å². The molecule has 0 unspecified atom stereocenters. The molecule has 1 fully saturated rings. The molecule has 0 radical (unpaired) electrons. The third-order valence-corrected chi connectivity index (χ3v) is 4.55. The summed E-state index contributed by atoms with van der Waals surface area (Å²) in [6.07, 6.45) is 5.91. The van der Waals surface area contributed by atoms with Gasteiger partial charge in [-0.3, -0.25) is 9.59 Å². The Balaban J connectivity index is 1.67. The highest BCUT2D eigenvalue weighted by Gasteiger charge is 2.33. The fourth-order valence-corrected chi connectivity index (χ4v) is 3.39. The van der Waals surface area contributed by atoms with Crippen LogP contribution in [0.5, 0.6) is 0 Å². The Morgan fingerprint density at radius 2 is 1.59 bits per heavy atom. The van der Waals surface area contributed by atoms with Crippen LogP contribution >= 0.6 is 0 Å². The van der Waals surface area contributed by atoms with Gasteiger partial charge < -0.3 is 9.73 Å². The van der Waals surface area contributed by atoms with Crippen LogP contribution < -0.4 is 5.32 Å². The molecule has 112 valence electrons. The molecule has 0 aliphatic heterocycles. The lowest BCUT2D eigenvalue weighted by molar-refractivity contribution is 0.0961. The molecular weight excluding hydrogens is 278 g/mol. The second-order valence-electron chi connectivity index (χ2n) is 6.04. The molecular formula is C18H17NO3. The van der Waals surface area contributed by atoms with Crippen molar-refractivity contribution < 1.29 is 14.0 Å². The summed E-state index contributed by atoms with van der Waals surface area (Å²) in [5.41, 5.74) is 1.27. The van der Waals surface area contributed by atoms with Gasteiger partial charge in [-0.2, -0.15) is 0 Å². The second-order valence-corrected chi connectivity index (χ2v) is 6.04. The van der Waals surface area contributed by atoms with E-state index in [2.05, 4.69) is 5.32 Å². The molecule has 2 aromatic rings. The minimum Gasteiger partial charge on any atom is -0.436 e. The molecule has 0 amide bonds. The van der Waals surface area contributed by atoms with E-state index in [-0.39, 0.29) is 17.3 Å². The number of nitrogens with one attached hydrogen (secondary N) is 1. The number of hydrogen-bond donors (Lipinski definition) is 1. The molecule has 1 aromatic heterocycles. The number of furan rings is 1. The number of carbonyl (C=O) groups excluding carboxylic acids is 2. The van der Waals surface area contributed by atoms with Crippen LogP contribution in [0.2, 0.25) is 0 Å². The molecule has 2 aliphatic rings. The molecule has 22 heavy (non-hydrogen) atoms. The molecule has 1 aromatic carbocycles. The number of benzene rings is 1. The maximum Gasteiger partial charge on any atom is 0.229 e. The zero-order valence-corrected chi connectivity index (χ0v) is 12.2. The van der Waals surface area contributed by atoms with E-state index in [1.54, 1.807) is 30.3 Å². The van der Waals surface area contributed by atoms with E-state index in [0.29, 0.717) is 28.6 Å². The molecule has 0 atom stereocenters. The van der Waals surface area contributed by atoms with Crippen LogP contribution in [-0.2, 0) is 0 Å². The summed E-state index contributed by atoms with van der Waals surface area (Å²) in [5, 5.41) is 3.33. The number of carbonyl (C=O) groups is 2. The van der Waals surface area contributed by atoms with Crippen molar-refractivity contribution in [3.05, 3.63) is 52.8 Å². The average molecular weight is 295 g/mol. The van der Waals surface area contributed by atoms with Crippen molar-refractivity contribution in [2.75, 3.05) is 5.32 Å². The van der Waals surface area contributed by atoms with E-state index in [1.165, 1.54) is 19.3 Å². The van der Waals surface area contributed by atoms with E-state index in [4.69, 9.17) is 4.42 Å². The van der Waals surface area contributed by atoms with Crippen molar-refractivity contribution >= 4 is 17.5 Å². The first-order chi connectivity index (χ1) is 10.7. The van der Waals surface area contributed by atoms with E-state index in [9.17, 15) is 9.59 Å². The summed E-state index contributed by atoms with van der Waals surface area (Å²) in [7, 11) is 0. The molecule has 1 heterocycles. The van der Waals surface area contributed by atoms with Crippen LogP contribution in [0.15, 0.2) is 34.7 Å². The first kappa shape index (κ1) is 13.3. The lowest BCUT2D eigenvalue weighted by Gasteiger charge is -2.22. The summed E-state index contributed by atoms with van der Waals surface area (Å²) in [6, 6.07) is 8.96. The largest absolute Gasteiger partial charge is 0.436 e. The maximum atomic E-state index is 12.5. The standard InChI is InChI=1S/C18H17NO3/c20-16-12-8-4-5-9-13(12)17(21)18-14(16)10-15(22-18)19-11-6-2-1-3-7-11/h4-5,8-11,19H,1-3,6-7H2. The Bertz CT molecular complexity index is 701. The smallest absolute Gasteiger partial charge is 0.229 e. The monoisotopic (exact) mass is 295 g/mol. The number of rotatable bonds is 2. The minimum absolute atomic E-state index is 0.134. The molecule has 1 saturated carbocycles. The third kappa shape index (κ3) is 2.06. The highest BCUT2D eigenvalue weighted by Crippen LogP contribution is 2.32. The lowest BCUT2D eigenvalue weighted by Crippen LogP contribution is -2.21. The molecule has 4 nitrogen and oxygen atoms in total. The highest BCUT2D eigenvalue weighted by atomic mass is 16.4. The fraction of sp³-hybridized carbons (Fsp3) is 0.333. The van der Waals surface area contributed by atoms with Gasteiger partial charge in [-0.05, 0) is 12.8 Å². The zero-order chi connectivity index (χ0) is 15.1. The molecule has 1 N–H and O–H groups in total. The van der Waals surface area contributed by atoms with Gasteiger partial charge in [0.05, 0.1) is 5.56 Å². The SMILES string of the molecule is O=C1c2ccccc2C(=O)c2oc(NC3CCCCC3)cc21. The van der Waals surface area contributed by atoms with Crippen molar-refractivity contribution in [2.24, 2.45) is 0 Å². The highest BCUT2D eigenvalue weighted by molar-refractivity contribution is 6.27. The summed E-state index contributed by atoms with van der Waals surface area (Å²) in [4.78, 5) is 25.0. The van der Waals surface area contributed by atoms with Gasteiger partial charge in [0.2, 0.25) is 5.78 Å². The quantitative estimate of drug-likeness (QED) is 0.781. The molecule has 0 spiro atoms. The Morgan fingerprint density at radius 3 is 2.32 bits per heavy atom. The summed E-state index contributed by atoms with van der Waals surface area (Å²) >= 11 is 0. The number of anilines is 1. The van der Waals surface area contributed by atoms with Gasteiger partial charge in [0.1, 0.15) is 0 Å². The Labute approximate surface area is 128 Å². The van der Waals surface area contributed by atoms with Crippen LogP contribution in [0.3, 0.4) is 0 Å². The maximum absolute atomic E-state index is 12.5. The third-order valence-electron chi connectivity index (χ3n) is 4.55. The minimum atomic E-state index is -0.207. The Morgan fingerprint density at radius 1 is 0.909 bits per heavy atom. The molecule has 2 aliphatic carbocycles. The van der Waals surface area contributed by atoms with Crippen LogP contribution in [-0.4, -0.2) is 17.6 Å². The predicted octanol–water partition coefficient (Wildman–Crippen LogP) is 3.80. The molecule has 4 rings (SSSR count). The Hall–Kier alpha value is -2.36. The summed E-state index contributed by atoms with van der Waals surface area (Å²) in [6.45, 7) is 0. The molecule has 0 bridgehead atoms. The van der Waals surface area contributed by atoms with Gasteiger partial charge in [-0.1, -0.05) is 43.5 Å². The summed E-state index contributed by atoms with van der Waals surface area (Å²) in [5.74, 6) is 0.362. The van der Waals surface area contributed by atoms with E-state index >= 15 is 0 Å². The van der Waals surface area contributed by atoms with Crippen molar-refractivity contribution in [3.8, 4) is 0 Å². The van der Waals surface area contributed by atoms with Crippen molar-refractivity contribution in [1.82, 2.24) is 0 Å². The van der Waals surface area contributed by atoms with Gasteiger partial charge in [0.15, 0.2) is 17.4 Å². The topological polar surface area (TPSA) is 59.3 Å². The normalized spacial score (nSPS) is 18.0. The lowest BCUT2D eigenvalue weighted by atomic mass is 9.89. The Kier molecular flexibility index (Phi) is 3.10. The van der Waals surface area contributed by atoms with Gasteiger partial charge in [0.25, 0.3) is 0 Å². The van der Waals surface area contributed by atoms with Crippen molar-refractivity contribution in [1.29, 1.82) is 0 Å². The van der Waals surface area contributed by atoms with E-state index < -0.39 is 0 Å². The van der Waals surface area contributed by atoms with E-state index in [1.807, 2.05) is 0 Å². The average Bonchev–Trinajstić information content (AvgIpc) is 2.98. The number of ketones is 2. The molecule has 4 heteroatoms. The second kappa shape index (κ2) is 5.13. The van der Waals surface area contributed by atoms with Gasteiger partial charge in [-0.25, -0.2) is 0 Å². The first-order valence-corrected chi connectivity index (χ1v) is 7.83. The number of hydrogen-bond acceptors (Lipinski definition) is 4. The van der Waals surface area contributed by atoms with Gasteiger partial charge >= 0.3 is 0 Å². The van der Waals surface area contributed by atoms with Crippen molar-refractivity contribution in [3.63, 3.8) is 0 Å². The van der Waals surface area contributed by atoms with Crippen molar-refractivity contribution in [2.45, 2.75) is 38.1 Å². The number of fused-ring (bicyclic) bond motifs is 2. The van der Waals surface area contributed by atoms with Crippen LogP contribution in [0, 0.1) is 0 Å². The predicted molar refractivity (Wildman–Crippen MR) is 82.5 cm³/mol. The van der Waals surface area contributed by atoms with Gasteiger partial charge in [-0.15, -0.1) is 0 Å². The summed E-state index contributed by atoms with van der Waals surface area (Å²) < 4.78 is 5.67. The zero-order valence-electron chi connectivity index (χ0n) is 12.2. The first-order valence-electron chi connectivity index (χ1n) is 7.83. The molecule has 0 saturated heterocycles. The van der Waals surface area contributed by atoms with E-state index in [0.717, 1.165) is 12.8 Å².